The molecule has 1 fully saturated rings. The van der Waals surface area contributed by atoms with E-state index in [9.17, 15) is 0 Å². The Balaban J connectivity index is 1.97. The van der Waals surface area contributed by atoms with E-state index in [-0.39, 0.29) is 11.9 Å². The fraction of sp³-hybridized carbons (Fsp3) is 0.538. The number of hydrogen-bond acceptors (Lipinski definition) is 4. The lowest BCUT2D eigenvalue weighted by atomic mass is 10.1. The Labute approximate surface area is 107 Å². The van der Waals surface area contributed by atoms with Crippen molar-refractivity contribution in [2.45, 2.75) is 32.3 Å². The van der Waals surface area contributed by atoms with E-state index >= 15 is 0 Å². The summed E-state index contributed by atoms with van der Waals surface area (Å²) in [6.07, 6.45) is 3.51. The minimum absolute atomic E-state index is 0.0271. The average molecular weight is 249 g/mol. The van der Waals surface area contributed by atoms with Gasteiger partial charge in [-0.1, -0.05) is 0 Å². The molecule has 0 aromatic carbocycles. The number of nitrogens with zero attached hydrogens (tertiary/aromatic N) is 1. The maximum absolute atomic E-state index is 7.43. The summed E-state index contributed by atoms with van der Waals surface area (Å²) < 4.78 is 11.2. The zero-order valence-electron chi connectivity index (χ0n) is 10.6. The molecule has 1 aromatic rings. The van der Waals surface area contributed by atoms with Crippen LogP contribution in [0.1, 0.15) is 30.5 Å². The molecule has 0 saturated carbocycles. The van der Waals surface area contributed by atoms with Crippen LogP contribution in [0.2, 0.25) is 0 Å². The summed E-state index contributed by atoms with van der Waals surface area (Å²) in [7, 11) is 0. The Kier molecular flexibility index (Phi) is 4.15. The van der Waals surface area contributed by atoms with Crippen molar-refractivity contribution in [3.63, 3.8) is 0 Å². The van der Waals surface area contributed by atoms with Crippen LogP contribution in [-0.4, -0.2) is 30.1 Å². The van der Waals surface area contributed by atoms with Crippen LogP contribution in [-0.2, 0) is 4.74 Å². The maximum atomic E-state index is 7.43. The van der Waals surface area contributed by atoms with Crippen LogP contribution in [0.25, 0.3) is 0 Å². The molecule has 1 unspecified atom stereocenters. The van der Waals surface area contributed by atoms with E-state index in [4.69, 9.17) is 20.6 Å². The monoisotopic (exact) mass is 249 g/mol. The fourth-order valence-corrected chi connectivity index (χ4v) is 1.98. The predicted octanol–water partition coefficient (Wildman–Crippen LogP) is 1.62. The van der Waals surface area contributed by atoms with Gasteiger partial charge in [-0.3, -0.25) is 5.41 Å². The van der Waals surface area contributed by atoms with Crippen LogP contribution in [0.3, 0.4) is 0 Å². The van der Waals surface area contributed by atoms with Crippen molar-refractivity contribution in [2.75, 3.05) is 13.2 Å². The molecule has 2 rings (SSSR count). The van der Waals surface area contributed by atoms with Gasteiger partial charge in [0.1, 0.15) is 12.4 Å². The minimum Gasteiger partial charge on any atom is -0.475 e. The highest BCUT2D eigenvalue weighted by molar-refractivity contribution is 5.95. The van der Waals surface area contributed by atoms with E-state index in [2.05, 4.69) is 4.98 Å². The predicted molar refractivity (Wildman–Crippen MR) is 69.1 cm³/mol. The second-order valence-corrected chi connectivity index (χ2v) is 4.55. The molecule has 98 valence electrons. The quantitative estimate of drug-likeness (QED) is 0.627. The van der Waals surface area contributed by atoms with Crippen molar-refractivity contribution in [1.29, 1.82) is 5.41 Å². The topological polar surface area (TPSA) is 81.2 Å². The Morgan fingerprint density at radius 1 is 1.56 bits per heavy atom. The summed E-state index contributed by atoms with van der Waals surface area (Å²) in [6, 6.07) is 3.46. The van der Waals surface area contributed by atoms with Gasteiger partial charge in [-0.25, -0.2) is 4.98 Å². The van der Waals surface area contributed by atoms with Crippen molar-refractivity contribution in [1.82, 2.24) is 4.98 Å². The van der Waals surface area contributed by atoms with Gasteiger partial charge in [-0.2, -0.15) is 0 Å². The summed E-state index contributed by atoms with van der Waals surface area (Å²) in [5.74, 6) is 0.536. The minimum atomic E-state index is 0.0271. The third kappa shape index (κ3) is 3.43. The molecule has 2 heterocycles. The van der Waals surface area contributed by atoms with Crippen molar-refractivity contribution in [3.05, 3.63) is 23.4 Å². The van der Waals surface area contributed by atoms with Crippen molar-refractivity contribution < 1.29 is 9.47 Å². The number of nitrogens with one attached hydrogen (secondary N) is 1. The van der Waals surface area contributed by atoms with Crippen molar-refractivity contribution in [2.24, 2.45) is 5.73 Å². The number of pyridine rings is 1. The number of nitrogen functional groups attached to an aromatic ring is 1. The van der Waals surface area contributed by atoms with Gasteiger partial charge in [-0.15, -0.1) is 0 Å². The Morgan fingerprint density at radius 2 is 2.39 bits per heavy atom. The van der Waals surface area contributed by atoms with E-state index in [1.807, 2.05) is 6.92 Å². The van der Waals surface area contributed by atoms with Gasteiger partial charge < -0.3 is 15.2 Å². The number of hydrogen-bond donors (Lipinski definition) is 2. The molecule has 1 aromatic heterocycles. The zero-order valence-corrected chi connectivity index (χ0v) is 10.6. The number of ether oxygens (including phenoxy) is 2. The molecule has 1 aliphatic rings. The van der Waals surface area contributed by atoms with Crippen LogP contribution in [0.5, 0.6) is 5.88 Å². The van der Waals surface area contributed by atoms with Gasteiger partial charge in [0.2, 0.25) is 5.88 Å². The second-order valence-electron chi connectivity index (χ2n) is 4.55. The lowest BCUT2D eigenvalue weighted by molar-refractivity contribution is -0.0119. The van der Waals surface area contributed by atoms with Gasteiger partial charge in [0.15, 0.2) is 0 Å². The number of rotatable bonds is 4. The number of aryl methyl sites for hydroxylation is 1. The van der Waals surface area contributed by atoms with Gasteiger partial charge in [0.05, 0.1) is 6.10 Å². The molecule has 18 heavy (non-hydrogen) atoms. The first-order valence-electron chi connectivity index (χ1n) is 6.22. The molecule has 3 N–H and O–H groups in total. The molecular formula is C13H19N3O2. The lowest BCUT2D eigenvalue weighted by Gasteiger charge is -2.22. The smallest absolute Gasteiger partial charge is 0.214 e. The van der Waals surface area contributed by atoms with E-state index < -0.39 is 0 Å². The lowest BCUT2D eigenvalue weighted by Crippen LogP contribution is -2.26. The zero-order chi connectivity index (χ0) is 13.0. The van der Waals surface area contributed by atoms with Gasteiger partial charge >= 0.3 is 0 Å². The van der Waals surface area contributed by atoms with E-state index in [1.165, 1.54) is 6.42 Å². The summed E-state index contributed by atoms with van der Waals surface area (Å²) in [5.41, 5.74) is 6.90. The molecule has 1 saturated heterocycles. The number of aromatic nitrogens is 1. The van der Waals surface area contributed by atoms with E-state index in [0.29, 0.717) is 18.1 Å². The highest BCUT2D eigenvalue weighted by atomic mass is 16.5. The van der Waals surface area contributed by atoms with Crippen LogP contribution >= 0.6 is 0 Å². The highest BCUT2D eigenvalue weighted by Crippen LogP contribution is 2.16. The maximum Gasteiger partial charge on any atom is 0.214 e. The molecule has 5 nitrogen and oxygen atoms in total. The first-order chi connectivity index (χ1) is 8.65. The molecule has 0 amide bonds. The van der Waals surface area contributed by atoms with Gasteiger partial charge in [0, 0.05) is 23.9 Å². The third-order valence-corrected chi connectivity index (χ3v) is 2.93. The molecular weight excluding hydrogens is 230 g/mol. The normalized spacial score (nSPS) is 19.5. The molecule has 0 aliphatic carbocycles. The standard InChI is InChI=1S/C13H19N3O2/c1-9-6-10(13(14)15)7-12(16-9)18-8-11-4-2-3-5-17-11/h6-7,11H,2-5,8H2,1H3,(H3,14,15). The Hall–Kier alpha value is -1.62. The molecule has 0 bridgehead atoms. The summed E-state index contributed by atoms with van der Waals surface area (Å²) >= 11 is 0. The highest BCUT2D eigenvalue weighted by Gasteiger charge is 2.15. The van der Waals surface area contributed by atoms with Gasteiger partial charge in [-0.05, 0) is 32.3 Å². The first-order valence-corrected chi connectivity index (χ1v) is 6.22. The fourth-order valence-electron chi connectivity index (χ4n) is 1.98. The second kappa shape index (κ2) is 5.82. The summed E-state index contributed by atoms with van der Waals surface area (Å²) in [5, 5.41) is 7.43. The van der Waals surface area contributed by atoms with Crippen LogP contribution in [0.15, 0.2) is 12.1 Å². The molecule has 1 aliphatic heterocycles. The van der Waals surface area contributed by atoms with E-state index in [1.54, 1.807) is 12.1 Å². The van der Waals surface area contributed by atoms with Crippen molar-refractivity contribution in [3.8, 4) is 5.88 Å². The van der Waals surface area contributed by atoms with E-state index in [0.717, 1.165) is 25.1 Å². The molecule has 1 atom stereocenters. The Morgan fingerprint density at radius 3 is 3.06 bits per heavy atom. The Bertz CT molecular complexity index is 428. The first kappa shape index (κ1) is 12.8. The SMILES string of the molecule is Cc1cc(C(=N)N)cc(OCC2CCCCO2)n1. The van der Waals surface area contributed by atoms with Crippen molar-refractivity contribution >= 4 is 5.84 Å². The van der Waals surface area contributed by atoms with Crippen LogP contribution in [0.4, 0.5) is 0 Å². The molecule has 0 radical (unpaired) electrons. The largest absolute Gasteiger partial charge is 0.475 e. The molecule has 5 heteroatoms. The number of amidine groups is 1. The summed E-state index contributed by atoms with van der Waals surface area (Å²) in [6.45, 7) is 3.18. The average Bonchev–Trinajstić information content (AvgIpc) is 2.37. The van der Waals surface area contributed by atoms with Crippen LogP contribution in [0, 0.1) is 12.3 Å². The number of nitrogens with two attached hydrogens (primary N) is 1. The van der Waals surface area contributed by atoms with Gasteiger partial charge in [0.25, 0.3) is 0 Å². The van der Waals surface area contributed by atoms with Crippen LogP contribution < -0.4 is 10.5 Å². The summed E-state index contributed by atoms with van der Waals surface area (Å²) in [4.78, 5) is 4.27. The molecule has 0 spiro atoms. The third-order valence-electron chi connectivity index (χ3n) is 2.93.